The maximum atomic E-state index is 10.5. The lowest BCUT2D eigenvalue weighted by Crippen LogP contribution is -1.95. The molecule has 0 fully saturated rings. The van der Waals surface area contributed by atoms with Crippen LogP contribution in [0.4, 0.5) is 5.00 Å². The van der Waals surface area contributed by atoms with Crippen molar-refractivity contribution in [2.75, 3.05) is 0 Å². The molecule has 0 aliphatic heterocycles. The summed E-state index contributed by atoms with van der Waals surface area (Å²) < 4.78 is 0. The van der Waals surface area contributed by atoms with Gasteiger partial charge in [0.1, 0.15) is 0 Å². The van der Waals surface area contributed by atoms with E-state index >= 15 is 0 Å². The highest BCUT2D eigenvalue weighted by atomic mass is 32.1. The first kappa shape index (κ1) is 11.3. The minimum Gasteiger partial charge on any atom is -0.259 e. The first-order valence-corrected chi connectivity index (χ1v) is 4.95. The highest BCUT2D eigenvalue weighted by molar-refractivity contribution is 7.16. The Hall–Kier alpha value is -1.76. The predicted octanol–water partition coefficient (Wildman–Crippen LogP) is 2.68. The third-order valence-electron chi connectivity index (χ3n) is 1.70. The summed E-state index contributed by atoms with van der Waals surface area (Å²) in [6.07, 6.45) is 1.65. The Morgan fingerprint density at radius 3 is 2.53 bits per heavy atom. The Bertz CT molecular complexity index is 424. The maximum Gasteiger partial charge on any atom is 0.324 e. The van der Waals surface area contributed by atoms with E-state index in [0.717, 1.165) is 11.3 Å². The molecule has 7 heteroatoms. The SMILES string of the molecule is CC/C(=C/c1ccc([N+](=O)[O-])s1)[N+](=O)[O-]. The van der Waals surface area contributed by atoms with Crippen molar-refractivity contribution in [3.8, 4) is 0 Å². The zero-order chi connectivity index (χ0) is 11.4. The van der Waals surface area contributed by atoms with Crippen molar-refractivity contribution in [3.63, 3.8) is 0 Å². The van der Waals surface area contributed by atoms with Gasteiger partial charge in [-0.2, -0.15) is 0 Å². The van der Waals surface area contributed by atoms with Crippen LogP contribution in [0.1, 0.15) is 18.2 Å². The van der Waals surface area contributed by atoms with E-state index in [4.69, 9.17) is 0 Å². The van der Waals surface area contributed by atoms with E-state index in [1.807, 2.05) is 0 Å². The number of nitro groups is 2. The second-order valence-corrected chi connectivity index (χ2v) is 3.77. The van der Waals surface area contributed by atoms with Crippen molar-refractivity contribution in [3.05, 3.63) is 42.9 Å². The van der Waals surface area contributed by atoms with Gasteiger partial charge in [0.15, 0.2) is 0 Å². The summed E-state index contributed by atoms with van der Waals surface area (Å²) in [6.45, 7) is 1.66. The summed E-state index contributed by atoms with van der Waals surface area (Å²) in [5, 5.41) is 20.8. The lowest BCUT2D eigenvalue weighted by atomic mass is 10.3. The molecule has 6 nitrogen and oxygen atoms in total. The van der Waals surface area contributed by atoms with Crippen molar-refractivity contribution >= 4 is 22.4 Å². The Kier molecular flexibility index (Phi) is 3.51. The minimum atomic E-state index is -0.514. The van der Waals surface area contributed by atoms with Gasteiger partial charge in [-0.15, -0.1) is 0 Å². The summed E-state index contributed by atoms with van der Waals surface area (Å²) in [5.74, 6) is 0. The molecule has 0 aliphatic carbocycles. The Balaban J connectivity index is 2.97. The van der Waals surface area contributed by atoms with E-state index in [-0.39, 0.29) is 10.7 Å². The molecular formula is C8H8N2O4S. The highest BCUT2D eigenvalue weighted by Crippen LogP contribution is 2.26. The second-order valence-electron chi connectivity index (χ2n) is 2.68. The lowest BCUT2D eigenvalue weighted by molar-refractivity contribution is -0.425. The molecule has 1 aromatic rings. The molecular weight excluding hydrogens is 220 g/mol. The Morgan fingerprint density at radius 2 is 2.13 bits per heavy atom. The average Bonchev–Trinajstić information content (AvgIpc) is 2.61. The monoisotopic (exact) mass is 228 g/mol. The van der Waals surface area contributed by atoms with Crippen molar-refractivity contribution in [2.45, 2.75) is 13.3 Å². The van der Waals surface area contributed by atoms with Gasteiger partial charge < -0.3 is 0 Å². The van der Waals surface area contributed by atoms with Crippen LogP contribution >= 0.6 is 11.3 Å². The normalized spacial score (nSPS) is 11.4. The zero-order valence-electron chi connectivity index (χ0n) is 7.87. The molecule has 0 aromatic carbocycles. The van der Waals surface area contributed by atoms with Crippen LogP contribution < -0.4 is 0 Å². The molecule has 0 saturated carbocycles. The largest absolute Gasteiger partial charge is 0.324 e. The molecule has 0 bridgehead atoms. The van der Waals surface area contributed by atoms with Gasteiger partial charge in [-0.25, -0.2) is 0 Å². The molecule has 0 saturated heterocycles. The van der Waals surface area contributed by atoms with Crippen LogP contribution in [0.3, 0.4) is 0 Å². The first-order chi connectivity index (χ1) is 7.04. The summed E-state index contributed by atoms with van der Waals surface area (Å²) in [7, 11) is 0. The van der Waals surface area contributed by atoms with Crippen LogP contribution in [0.2, 0.25) is 0 Å². The van der Waals surface area contributed by atoms with Gasteiger partial charge in [0.25, 0.3) is 0 Å². The summed E-state index contributed by atoms with van der Waals surface area (Å²) >= 11 is 0.922. The number of thiophene rings is 1. The molecule has 0 spiro atoms. The predicted molar refractivity (Wildman–Crippen MR) is 56.2 cm³/mol. The molecule has 1 heterocycles. The molecule has 15 heavy (non-hydrogen) atoms. The number of nitrogens with zero attached hydrogens (tertiary/aromatic N) is 2. The van der Waals surface area contributed by atoms with E-state index in [2.05, 4.69) is 0 Å². The van der Waals surface area contributed by atoms with E-state index in [9.17, 15) is 20.2 Å². The molecule has 0 amide bonds. The quantitative estimate of drug-likeness (QED) is 0.585. The fraction of sp³-hybridized carbons (Fsp3) is 0.250. The standard InChI is InChI=1S/C8H8N2O4S/c1-2-6(9(11)12)5-7-3-4-8(15-7)10(13)14/h3-5H,2H2,1H3/b6-5-. The van der Waals surface area contributed by atoms with Gasteiger partial charge in [-0.05, 0) is 6.07 Å². The van der Waals surface area contributed by atoms with Crippen molar-refractivity contribution in [1.82, 2.24) is 0 Å². The van der Waals surface area contributed by atoms with E-state index in [1.165, 1.54) is 18.2 Å². The minimum absolute atomic E-state index is 0.0138. The van der Waals surface area contributed by atoms with E-state index in [0.29, 0.717) is 11.3 Å². The fourth-order valence-electron chi connectivity index (χ4n) is 0.966. The van der Waals surface area contributed by atoms with Gasteiger partial charge >= 0.3 is 5.00 Å². The lowest BCUT2D eigenvalue weighted by Gasteiger charge is -1.91. The molecule has 1 rings (SSSR count). The van der Waals surface area contributed by atoms with Gasteiger partial charge in [-0.3, -0.25) is 20.2 Å². The molecule has 0 radical (unpaired) electrons. The third kappa shape index (κ3) is 2.84. The number of hydrogen-bond donors (Lipinski definition) is 0. The molecule has 0 unspecified atom stereocenters. The summed E-state index contributed by atoms with van der Waals surface area (Å²) in [6, 6.07) is 2.84. The van der Waals surface area contributed by atoms with Crippen LogP contribution in [0, 0.1) is 20.2 Å². The van der Waals surface area contributed by atoms with Crippen LogP contribution in [0.25, 0.3) is 6.08 Å². The van der Waals surface area contributed by atoms with Gasteiger partial charge in [0.05, 0.1) is 9.85 Å². The van der Waals surface area contributed by atoms with Crippen LogP contribution in [-0.2, 0) is 0 Å². The topological polar surface area (TPSA) is 86.3 Å². The second kappa shape index (κ2) is 4.65. The molecule has 1 aromatic heterocycles. The van der Waals surface area contributed by atoms with Crippen molar-refractivity contribution < 1.29 is 9.85 Å². The number of allylic oxidation sites excluding steroid dienone is 1. The van der Waals surface area contributed by atoms with E-state index < -0.39 is 9.85 Å². The summed E-state index contributed by atoms with van der Waals surface area (Å²) in [5.41, 5.74) is 0.0479. The zero-order valence-corrected chi connectivity index (χ0v) is 8.69. The van der Waals surface area contributed by atoms with Crippen molar-refractivity contribution in [2.24, 2.45) is 0 Å². The smallest absolute Gasteiger partial charge is 0.259 e. The van der Waals surface area contributed by atoms with Gasteiger partial charge in [0.2, 0.25) is 5.70 Å². The van der Waals surface area contributed by atoms with E-state index in [1.54, 1.807) is 6.92 Å². The fourth-order valence-corrected chi connectivity index (χ4v) is 1.75. The summed E-state index contributed by atoms with van der Waals surface area (Å²) in [4.78, 5) is 20.4. The number of rotatable bonds is 4. The van der Waals surface area contributed by atoms with Crippen LogP contribution in [0.5, 0.6) is 0 Å². The highest BCUT2D eigenvalue weighted by Gasteiger charge is 2.12. The van der Waals surface area contributed by atoms with Crippen LogP contribution in [-0.4, -0.2) is 9.85 Å². The maximum absolute atomic E-state index is 10.5. The molecule has 80 valence electrons. The molecule has 0 aliphatic rings. The average molecular weight is 228 g/mol. The van der Waals surface area contributed by atoms with Gasteiger partial charge in [-0.1, -0.05) is 18.3 Å². The van der Waals surface area contributed by atoms with Crippen molar-refractivity contribution in [1.29, 1.82) is 0 Å². The molecule has 0 atom stereocenters. The van der Waals surface area contributed by atoms with Crippen LogP contribution in [0.15, 0.2) is 17.8 Å². The molecule has 0 N–H and O–H groups in total. The number of hydrogen-bond acceptors (Lipinski definition) is 5. The Morgan fingerprint density at radius 1 is 1.47 bits per heavy atom. The third-order valence-corrected chi connectivity index (χ3v) is 2.68. The van der Waals surface area contributed by atoms with Gasteiger partial charge in [0, 0.05) is 23.4 Å². The first-order valence-electron chi connectivity index (χ1n) is 4.13. The Labute approximate surface area is 89.1 Å².